The normalized spacial score (nSPS) is 12.0. The molecule has 0 amide bonds. The summed E-state index contributed by atoms with van der Waals surface area (Å²) in [5.41, 5.74) is 2.46. The largest absolute Gasteiger partial charge is 0.496 e. The van der Waals surface area contributed by atoms with E-state index >= 15 is 0 Å². The maximum Gasteiger partial charge on any atom is 0.165 e. The van der Waals surface area contributed by atoms with Crippen molar-refractivity contribution in [2.75, 3.05) is 7.11 Å². The van der Waals surface area contributed by atoms with Gasteiger partial charge in [-0.2, -0.15) is 0 Å². The van der Waals surface area contributed by atoms with Crippen LogP contribution in [0.4, 0.5) is 4.39 Å². The van der Waals surface area contributed by atoms with Crippen molar-refractivity contribution < 1.29 is 19.0 Å². The Hall–Kier alpha value is -2.07. The van der Waals surface area contributed by atoms with E-state index < -0.39 is 11.9 Å². The Morgan fingerprint density at radius 2 is 1.86 bits per heavy atom. The summed E-state index contributed by atoms with van der Waals surface area (Å²) >= 11 is 0. The lowest BCUT2D eigenvalue weighted by atomic mass is 10.1. The fourth-order valence-electron chi connectivity index (χ4n) is 2.07. The van der Waals surface area contributed by atoms with Crippen molar-refractivity contribution in [2.24, 2.45) is 0 Å². The molecular weight excluding hydrogens is 271 g/mol. The highest BCUT2D eigenvalue weighted by Gasteiger charge is 2.10. The lowest BCUT2D eigenvalue weighted by molar-refractivity contribution is 0.198. The van der Waals surface area contributed by atoms with Gasteiger partial charge in [-0.15, -0.1) is 0 Å². The molecule has 0 aromatic heterocycles. The third-order valence-electron chi connectivity index (χ3n) is 3.26. The van der Waals surface area contributed by atoms with Crippen LogP contribution in [0, 0.1) is 12.7 Å². The van der Waals surface area contributed by atoms with E-state index in [1.54, 1.807) is 20.1 Å². The third-order valence-corrected chi connectivity index (χ3v) is 3.26. The number of hydrogen-bond acceptors (Lipinski definition) is 3. The molecule has 1 atom stereocenters. The molecule has 0 aliphatic carbocycles. The van der Waals surface area contributed by atoms with Crippen LogP contribution in [0.15, 0.2) is 36.4 Å². The summed E-state index contributed by atoms with van der Waals surface area (Å²) in [6.45, 7) is 3.78. The lowest BCUT2D eigenvalue weighted by Gasteiger charge is -2.12. The van der Waals surface area contributed by atoms with E-state index in [1.165, 1.54) is 12.1 Å². The highest BCUT2D eigenvalue weighted by molar-refractivity contribution is 5.37. The Morgan fingerprint density at radius 3 is 2.48 bits per heavy atom. The van der Waals surface area contributed by atoms with Gasteiger partial charge in [-0.3, -0.25) is 0 Å². The van der Waals surface area contributed by atoms with E-state index in [-0.39, 0.29) is 12.4 Å². The van der Waals surface area contributed by atoms with E-state index in [2.05, 4.69) is 0 Å². The van der Waals surface area contributed by atoms with E-state index in [0.29, 0.717) is 11.3 Å². The SMILES string of the molecule is COc1ccc(C)cc1COc1ccc([C@H](C)O)cc1F. The highest BCUT2D eigenvalue weighted by Crippen LogP contribution is 2.25. The fourth-order valence-corrected chi connectivity index (χ4v) is 2.07. The van der Waals surface area contributed by atoms with E-state index in [1.807, 2.05) is 25.1 Å². The van der Waals surface area contributed by atoms with Crippen LogP contribution in [0.1, 0.15) is 29.7 Å². The molecule has 0 saturated heterocycles. The van der Waals surface area contributed by atoms with Crippen LogP contribution in [0.5, 0.6) is 11.5 Å². The first-order chi connectivity index (χ1) is 10.0. The van der Waals surface area contributed by atoms with Gasteiger partial charge in [-0.25, -0.2) is 4.39 Å². The Labute approximate surface area is 124 Å². The summed E-state index contributed by atoms with van der Waals surface area (Å²) in [4.78, 5) is 0. The molecule has 21 heavy (non-hydrogen) atoms. The molecule has 0 radical (unpaired) electrons. The first-order valence-electron chi connectivity index (χ1n) is 6.75. The van der Waals surface area contributed by atoms with Crippen molar-refractivity contribution in [3.63, 3.8) is 0 Å². The molecule has 0 aliphatic heterocycles. The van der Waals surface area contributed by atoms with Gasteiger partial charge in [0.05, 0.1) is 13.2 Å². The third kappa shape index (κ3) is 3.73. The molecule has 1 N–H and O–H groups in total. The van der Waals surface area contributed by atoms with Crippen LogP contribution >= 0.6 is 0 Å². The van der Waals surface area contributed by atoms with Crippen molar-refractivity contribution in [1.82, 2.24) is 0 Å². The minimum absolute atomic E-state index is 0.156. The second-order valence-corrected chi connectivity index (χ2v) is 4.97. The maximum atomic E-state index is 13.9. The highest BCUT2D eigenvalue weighted by atomic mass is 19.1. The molecule has 0 fully saturated rings. The van der Waals surface area contributed by atoms with E-state index in [9.17, 15) is 9.50 Å². The smallest absolute Gasteiger partial charge is 0.165 e. The summed E-state index contributed by atoms with van der Waals surface area (Å²) < 4.78 is 24.7. The van der Waals surface area contributed by atoms with E-state index in [4.69, 9.17) is 9.47 Å². The number of rotatable bonds is 5. The molecule has 112 valence electrons. The maximum absolute atomic E-state index is 13.9. The fraction of sp³-hybridized carbons (Fsp3) is 0.294. The number of aliphatic hydroxyl groups excluding tert-OH is 1. The molecule has 4 heteroatoms. The molecule has 0 aliphatic rings. The molecular formula is C17H19FO3. The Kier molecular flexibility index (Phi) is 4.81. The van der Waals surface area contributed by atoms with Crippen LogP contribution in [-0.4, -0.2) is 12.2 Å². The van der Waals surface area contributed by atoms with Crippen molar-refractivity contribution >= 4 is 0 Å². The second kappa shape index (κ2) is 6.59. The summed E-state index contributed by atoms with van der Waals surface area (Å²) in [6.07, 6.45) is -0.703. The Balaban J connectivity index is 2.15. The molecule has 0 bridgehead atoms. The van der Waals surface area contributed by atoms with Gasteiger partial charge in [-0.1, -0.05) is 17.7 Å². The van der Waals surface area contributed by atoms with Gasteiger partial charge >= 0.3 is 0 Å². The first-order valence-corrected chi connectivity index (χ1v) is 6.75. The molecule has 2 aromatic carbocycles. The van der Waals surface area contributed by atoms with Crippen molar-refractivity contribution in [3.05, 3.63) is 58.9 Å². The van der Waals surface area contributed by atoms with E-state index in [0.717, 1.165) is 11.1 Å². The predicted molar refractivity (Wildman–Crippen MR) is 79.1 cm³/mol. The lowest BCUT2D eigenvalue weighted by Crippen LogP contribution is -2.01. The molecule has 0 saturated carbocycles. The van der Waals surface area contributed by atoms with Gasteiger partial charge in [0.1, 0.15) is 12.4 Å². The van der Waals surface area contributed by atoms with Crippen LogP contribution in [0.2, 0.25) is 0 Å². The monoisotopic (exact) mass is 290 g/mol. The average Bonchev–Trinajstić information content (AvgIpc) is 2.46. The zero-order chi connectivity index (χ0) is 15.4. The summed E-state index contributed by atoms with van der Waals surface area (Å²) in [5, 5.41) is 9.42. The van der Waals surface area contributed by atoms with Crippen LogP contribution in [0.3, 0.4) is 0 Å². The molecule has 2 rings (SSSR count). The summed E-state index contributed by atoms with van der Waals surface area (Å²) in [7, 11) is 1.59. The number of methoxy groups -OCH3 is 1. The predicted octanol–water partition coefficient (Wildman–Crippen LogP) is 3.78. The number of ether oxygens (including phenoxy) is 2. The second-order valence-electron chi connectivity index (χ2n) is 4.97. The topological polar surface area (TPSA) is 38.7 Å². The standard InChI is InChI=1S/C17H19FO3/c1-11-4-6-16(20-3)14(8-11)10-21-17-7-5-13(12(2)19)9-15(17)18/h4-9,12,19H,10H2,1-3H3/t12-/m0/s1. The van der Waals surface area contributed by atoms with Gasteiger partial charge in [-0.05, 0) is 43.7 Å². The Bertz CT molecular complexity index is 623. The quantitative estimate of drug-likeness (QED) is 0.911. The summed E-state index contributed by atoms with van der Waals surface area (Å²) in [6, 6.07) is 10.2. The molecule has 0 unspecified atom stereocenters. The van der Waals surface area contributed by atoms with Gasteiger partial charge < -0.3 is 14.6 Å². The van der Waals surface area contributed by atoms with Crippen molar-refractivity contribution in [2.45, 2.75) is 26.6 Å². The number of aliphatic hydroxyl groups is 1. The first kappa shape index (κ1) is 15.3. The van der Waals surface area contributed by atoms with Gasteiger partial charge in [0.2, 0.25) is 0 Å². The van der Waals surface area contributed by atoms with Crippen LogP contribution in [0.25, 0.3) is 0 Å². The zero-order valence-electron chi connectivity index (χ0n) is 12.4. The van der Waals surface area contributed by atoms with Gasteiger partial charge in [0.25, 0.3) is 0 Å². The minimum Gasteiger partial charge on any atom is -0.496 e. The van der Waals surface area contributed by atoms with Crippen molar-refractivity contribution in [3.8, 4) is 11.5 Å². The number of halogens is 1. The molecule has 2 aromatic rings. The molecule has 3 nitrogen and oxygen atoms in total. The van der Waals surface area contributed by atoms with Crippen LogP contribution in [-0.2, 0) is 6.61 Å². The van der Waals surface area contributed by atoms with Gasteiger partial charge in [0.15, 0.2) is 11.6 Å². The number of hydrogen-bond donors (Lipinski definition) is 1. The molecule has 0 spiro atoms. The van der Waals surface area contributed by atoms with Crippen LogP contribution < -0.4 is 9.47 Å². The van der Waals surface area contributed by atoms with Crippen molar-refractivity contribution in [1.29, 1.82) is 0 Å². The number of benzene rings is 2. The Morgan fingerprint density at radius 1 is 1.14 bits per heavy atom. The summed E-state index contributed by atoms with van der Waals surface area (Å²) in [5.74, 6) is 0.379. The minimum atomic E-state index is -0.703. The number of aryl methyl sites for hydroxylation is 1. The zero-order valence-corrected chi connectivity index (χ0v) is 12.4. The molecule has 0 heterocycles. The van der Waals surface area contributed by atoms with Gasteiger partial charge in [0, 0.05) is 5.56 Å². The average molecular weight is 290 g/mol.